The molecule has 1 aromatic heterocycles. The molecule has 8 heteroatoms. The molecule has 0 atom stereocenters. The van der Waals surface area contributed by atoms with Crippen molar-refractivity contribution in [1.82, 2.24) is 24.3 Å². The fourth-order valence-corrected chi connectivity index (χ4v) is 4.90. The minimum Gasteiger partial charge on any atom is -0.342 e. The number of piperidine rings is 1. The van der Waals surface area contributed by atoms with E-state index in [1.54, 1.807) is 17.0 Å². The quantitative estimate of drug-likeness (QED) is 0.562. The minimum atomic E-state index is -0.260. The van der Waals surface area contributed by atoms with E-state index < -0.39 is 0 Å². The van der Waals surface area contributed by atoms with Gasteiger partial charge in [0.15, 0.2) is 0 Å². The molecule has 7 nitrogen and oxygen atoms in total. The average Bonchev–Trinajstić information content (AvgIpc) is 3.22. The first kappa shape index (κ1) is 21.6. The lowest BCUT2D eigenvalue weighted by molar-refractivity contribution is -0.140. The summed E-state index contributed by atoms with van der Waals surface area (Å²) in [7, 11) is 0. The lowest BCUT2D eigenvalue weighted by Gasteiger charge is -2.37. The van der Waals surface area contributed by atoms with Crippen molar-refractivity contribution in [3.63, 3.8) is 0 Å². The van der Waals surface area contributed by atoms with E-state index in [0.717, 1.165) is 54.9 Å². The summed E-state index contributed by atoms with van der Waals surface area (Å²) in [6.45, 7) is 4.82. The number of aromatic nitrogens is 2. The largest absolute Gasteiger partial charge is 0.342 e. The van der Waals surface area contributed by atoms with Crippen molar-refractivity contribution in [3.05, 3.63) is 60.2 Å². The second-order valence-electron chi connectivity index (χ2n) is 8.85. The van der Waals surface area contributed by atoms with Gasteiger partial charge in [0.05, 0.1) is 17.6 Å². The van der Waals surface area contributed by atoms with Gasteiger partial charge in [-0.05, 0) is 62.3 Å². The Balaban J connectivity index is 1.27. The lowest BCUT2D eigenvalue weighted by atomic mass is 9.95. The first-order valence-electron chi connectivity index (χ1n) is 11.5. The molecule has 0 spiro atoms. The van der Waals surface area contributed by atoms with Crippen molar-refractivity contribution < 1.29 is 14.0 Å². The molecule has 0 radical (unpaired) electrons. The van der Waals surface area contributed by atoms with Crippen LogP contribution in [-0.2, 0) is 16.1 Å². The number of likely N-dealkylation sites (tertiary alicyclic amines) is 1. The van der Waals surface area contributed by atoms with Crippen LogP contribution in [0, 0.1) is 11.7 Å². The molecule has 2 saturated heterocycles. The smallest absolute Gasteiger partial charge is 0.225 e. The third-order valence-electron chi connectivity index (χ3n) is 6.79. The number of hydrogen-bond donors (Lipinski definition) is 0. The van der Waals surface area contributed by atoms with Gasteiger partial charge in [-0.3, -0.25) is 19.1 Å². The number of fused-ring (bicyclic) bond motifs is 1. The highest BCUT2D eigenvalue weighted by Gasteiger charge is 2.30. The topological polar surface area (TPSA) is 61.7 Å². The van der Waals surface area contributed by atoms with Gasteiger partial charge < -0.3 is 9.80 Å². The maximum atomic E-state index is 13.5. The Kier molecular flexibility index (Phi) is 6.09. The lowest BCUT2D eigenvalue weighted by Crippen LogP contribution is -2.51. The van der Waals surface area contributed by atoms with Crippen LogP contribution in [0.15, 0.2) is 48.5 Å². The van der Waals surface area contributed by atoms with Gasteiger partial charge in [-0.2, -0.15) is 0 Å². The first-order valence-corrected chi connectivity index (χ1v) is 11.5. The molecule has 2 aromatic carbocycles. The average molecular weight is 450 g/mol. The molecule has 2 fully saturated rings. The van der Waals surface area contributed by atoms with Crippen LogP contribution in [0.3, 0.4) is 0 Å². The van der Waals surface area contributed by atoms with Crippen molar-refractivity contribution in [2.75, 3.05) is 39.3 Å². The number of amides is 2. The standard InChI is InChI=1S/C25H28FN5O2/c26-20-5-7-21(8-6-20)31-23-4-2-1-3-22(23)27-24(31)17-28-11-9-19(10-12-28)25(33)30-15-13-29(18-32)14-16-30/h1-8,18-19H,9-17H2. The van der Waals surface area contributed by atoms with Gasteiger partial charge in [-0.25, -0.2) is 9.37 Å². The maximum Gasteiger partial charge on any atom is 0.225 e. The number of nitrogens with zero attached hydrogens (tertiary/aromatic N) is 5. The van der Waals surface area contributed by atoms with E-state index in [0.29, 0.717) is 32.7 Å². The highest BCUT2D eigenvalue weighted by molar-refractivity contribution is 5.79. The summed E-state index contributed by atoms with van der Waals surface area (Å²) >= 11 is 0. The number of imidazole rings is 1. The number of rotatable bonds is 5. The Labute approximate surface area is 192 Å². The van der Waals surface area contributed by atoms with Gasteiger partial charge in [-0.1, -0.05) is 12.1 Å². The van der Waals surface area contributed by atoms with Gasteiger partial charge in [0.25, 0.3) is 0 Å². The zero-order valence-corrected chi connectivity index (χ0v) is 18.6. The predicted molar refractivity (Wildman–Crippen MR) is 123 cm³/mol. The Morgan fingerprint density at radius 2 is 1.67 bits per heavy atom. The fourth-order valence-electron chi connectivity index (χ4n) is 4.90. The third-order valence-corrected chi connectivity index (χ3v) is 6.79. The fraction of sp³-hybridized carbons (Fsp3) is 0.400. The van der Waals surface area contributed by atoms with Crippen molar-refractivity contribution in [2.24, 2.45) is 5.92 Å². The number of para-hydroxylation sites is 2. The number of carbonyl (C=O) groups is 2. The molecule has 0 N–H and O–H groups in total. The number of piperazine rings is 1. The number of carbonyl (C=O) groups excluding carboxylic acids is 2. The van der Waals surface area contributed by atoms with Crippen molar-refractivity contribution in [1.29, 1.82) is 0 Å². The van der Waals surface area contributed by atoms with Crippen LogP contribution >= 0.6 is 0 Å². The molecule has 172 valence electrons. The third kappa shape index (κ3) is 4.48. The molecule has 33 heavy (non-hydrogen) atoms. The van der Waals surface area contributed by atoms with Crippen LogP contribution in [0.1, 0.15) is 18.7 Å². The van der Waals surface area contributed by atoms with Gasteiger partial charge in [-0.15, -0.1) is 0 Å². The highest BCUT2D eigenvalue weighted by atomic mass is 19.1. The second kappa shape index (κ2) is 9.31. The molecule has 2 aliphatic rings. The predicted octanol–water partition coefficient (Wildman–Crippen LogP) is 2.68. The summed E-state index contributed by atoms with van der Waals surface area (Å²) in [4.78, 5) is 34.7. The summed E-state index contributed by atoms with van der Waals surface area (Å²) in [5, 5.41) is 0. The Bertz CT molecular complexity index is 1130. The van der Waals surface area contributed by atoms with Crippen LogP contribution in [0.5, 0.6) is 0 Å². The van der Waals surface area contributed by atoms with Crippen LogP contribution in [-0.4, -0.2) is 75.8 Å². The number of benzene rings is 2. The molecular weight excluding hydrogens is 421 g/mol. The molecular formula is C25H28FN5O2. The molecule has 0 bridgehead atoms. The minimum absolute atomic E-state index is 0.0416. The van der Waals surface area contributed by atoms with E-state index in [1.165, 1.54) is 12.1 Å². The van der Waals surface area contributed by atoms with Gasteiger partial charge >= 0.3 is 0 Å². The molecule has 2 amide bonds. The molecule has 3 heterocycles. The Morgan fingerprint density at radius 3 is 2.36 bits per heavy atom. The summed E-state index contributed by atoms with van der Waals surface area (Å²) in [6, 6.07) is 14.5. The van der Waals surface area contributed by atoms with Gasteiger partial charge in [0.2, 0.25) is 12.3 Å². The second-order valence-corrected chi connectivity index (χ2v) is 8.85. The van der Waals surface area contributed by atoms with Gasteiger partial charge in [0, 0.05) is 37.8 Å². The molecule has 0 aliphatic carbocycles. The molecule has 2 aliphatic heterocycles. The van der Waals surface area contributed by atoms with Crippen molar-refractivity contribution in [3.8, 4) is 5.69 Å². The van der Waals surface area contributed by atoms with Gasteiger partial charge in [0.1, 0.15) is 11.6 Å². The van der Waals surface area contributed by atoms with Crippen molar-refractivity contribution >= 4 is 23.4 Å². The maximum absolute atomic E-state index is 13.5. The van der Waals surface area contributed by atoms with Crippen LogP contribution in [0.2, 0.25) is 0 Å². The van der Waals surface area contributed by atoms with Crippen LogP contribution in [0.25, 0.3) is 16.7 Å². The summed E-state index contributed by atoms with van der Waals surface area (Å²) in [5.74, 6) is 0.917. The van der Waals surface area contributed by atoms with E-state index in [4.69, 9.17) is 4.98 Å². The Morgan fingerprint density at radius 1 is 0.970 bits per heavy atom. The van der Waals surface area contributed by atoms with Crippen LogP contribution < -0.4 is 0 Å². The van der Waals surface area contributed by atoms with E-state index >= 15 is 0 Å². The van der Waals surface area contributed by atoms with E-state index in [1.807, 2.05) is 29.2 Å². The zero-order chi connectivity index (χ0) is 22.8. The normalized spacial score (nSPS) is 18.1. The summed E-state index contributed by atoms with van der Waals surface area (Å²) in [6.07, 6.45) is 2.51. The van der Waals surface area contributed by atoms with Crippen molar-refractivity contribution in [2.45, 2.75) is 19.4 Å². The monoisotopic (exact) mass is 449 g/mol. The Hall–Kier alpha value is -3.26. The summed E-state index contributed by atoms with van der Waals surface area (Å²) < 4.78 is 15.6. The number of halogens is 1. The van der Waals surface area contributed by atoms with E-state index in [2.05, 4.69) is 9.47 Å². The summed E-state index contributed by atoms with van der Waals surface area (Å²) in [5.41, 5.74) is 2.80. The van der Waals surface area contributed by atoms with E-state index in [-0.39, 0.29) is 17.6 Å². The molecule has 5 rings (SSSR count). The zero-order valence-electron chi connectivity index (χ0n) is 18.6. The molecule has 0 saturated carbocycles. The van der Waals surface area contributed by atoms with E-state index in [9.17, 15) is 14.0 Å². The molecule has 0 unspecified atom stereocenters. The highest BCUT2D eigenvalue weighted by Crippen LogP contribution is 2.26. The van der Waals surface area contributed by atoms with Crippen LogP contribution in [0.4, 0.5) is 4.39 Å². The SMILES string of the molecule is O=CN1CCN(C(=O)C2CCN(Cc3nc4ccccc4n3-c3ccc(F)cc3)CC2)CC1. The number of hydrogen-bond acceptors (Lipinski definition) is 4. The molecule has 3 aromatic rings. The first-order chi connectivity index (χ1) is 16.1.